The maximum atomic E-state index is 12.7. The number of hydrogen-bond acceptors (Lipinski definition) is 2. The first-order valence-corrected chi connectivity index (χ1v) is 9.84. The number of carbonyl (C=O) groups excluding carboxylic acids is 1. The smallest absolute Gasteiger partial charge is 0.225 e. The molecule has 0 aromatic rings. The van der Waals surface area contributed by atoms with Gasteiger partial charge in [-0.1, -0.05) is 32.1 Å². The van der Waals surface area contributed by atoms with Crippen LogP contribution in [0.1, 0.15) is 70.6 Å². The SMILES string of the molecule is O=C(C1CCN(CC2CCCCC2)CC1)N1CCCCCC1. The molecule has 3 rings (SSSR count). The van der Waals surface area contributed by atoms with Crippen LogP contribution in [0.4, 0.5) is 0 Å². The zero-order valence-electron chi connectivity index (χ0n) is 14.3. The van der Waals surface area contributed by atoms with E-state index >= 15 is 0 Å². The zero-order valence-corrected chi connectivity index (χ0v) is 14.3. The summed E-state index contributed by atoms with van der Waals surface area (Å²) in [5, 5.41) is 0. The van der Waals surface area contributed by atoms with Crippen LogP contribution in [0.25, 0.3) is 0 Å². The topological polar surface area (TPSA) is 23.6 Å². The Hall–Kier alpha value is -0.570. The number of amides is 1. The first-order valence-electron chi connectivity index (χ1n) is 9.84. The molecule has 0 radical (unpaired) electrons. The van der Waals surface area contributed by atoms with Gasteiger partial charge in [0.05, 0.1) is 0 Å². The molecule has 0 aromatic carbocycles. The van der Waals surface area contributed by atoms with Crippen molar-refractivity contribution < 1.29 is 4.79 Å². The van der Waals surface area contributed by atoms with E-state index < -0.39 is 0 Å². The quantitative estimate of drug-likeness (QED) is 0.794. The Morgan fingerprint density at radius 3 is 1.95 bits per heavy atom. The summed E-state index contributed by atoms with van der Waals surface area (Å²) in [4.78, 5) is 17.5. The van der Waals surface area contributed by atoms with Gasteiger partial charge in [-0.25, -0.2) is 0 Å². The fourth-order valence-corrected chi connectivity index (χ4v) is 4.65. The van der Waals surface area contributed by atoms with E-state index in [1.54, 1.807) is 0 Å². The second-order valence-electron chi connectivity index (χ2n) is 7.82. The summed E-state index contributed by atoms with van der Waals surface area (Å²) in [6.07, 6.45) is 14.4. The molecule has 2 saturated heterocycles. The number of piperidine rings is 1. The van der Waals surface area contributed by atoms with E-state index in [9.17, 15) is 4.79 Å². The van der Waals surface area contributed by atoms with Gasteiger partial charge in [0.25, 0.3) is 0 Å². The van der Waals surface area contributed by atoms with Crippen molar-refractivity contribution in [1.82, 2.24) is 9.80 Å². The van der Waals surface area contributed by atoms with Crippen molar-refractivity contribution in [2.75, 3.05) is 32.7 Å². The molecule has 0 unspecified atom stereocenters. The molecular weight excluding hydrogens is 272 g/mol. The number of likely N-dealkylation sites (tertiary alicyclic amines) is 2. The van der Waals surface area contributed by atoms with E-state index in [2.05, 4.69) is 9.80 Å². The Kier molecular flexibility index (Phi) is 6.17. The molecule has 126 valence electrons. The van der Waals surface area contributed by atoms with Gasteiger partial charge in [-0.2, -0.15) is 0 Å². The summed E-state index contributed by atoms with van der Waals surface area (Å²) in [6.45, 7) is 5.63. The molecule has 1 amide bonds. The van der Waals surface area contributed by atoms with E-state index in [0.717, 1.165) is 44.9 Å². The van der Waals surface area contributed by atoms with Crippen molar-refractivity contribution in [2.45, 2.75) is 70.6 Å². The Morgan fingerprint density at radius 1 is 0.727 bits per heavy atom. The van der Waals surface area contributed by atoms with E-state index in [-0.39, 0.29) is 0 Å². The van der Waals surface area contributed by atoms with Crippen LogP contribution in [-0.4, -0.2) is 48.4 Å². The molecule has 0 aromatic heterocycles. The van der Waals surface area contributed by atoms with Crippen molar-refractivity contribution in [3.63, 3.8) is 0 Å². The average molecular weight is 306 g/mol. The molecule has 22 heavy (non-hydrogen) atoms. The van der Waals surface area contributed by atoms with Crippen LogP contribution < -0.4 is 0 Å². The van der Waals surface area contributed by atoms with Crippen molar-refractivity contribution in [1.29, 1.82) is 0 Å². The lowest BCUT2D eigenvalue weighted by Gasteiger charge is -2.36. The van der Waals surface area contributed by atoms with Gasteiger partial charge < -0.3 is 9.80 Å². The molecule has 3 fully saturated rings. The highest BCUT2D eigenvalue weighted by molar-refractivity contribution is 5.79. The molecule has 3 aliphatic rings. The van der Waals surface area contributed by atoms with Gasteiger partial charge >= 0.3 is 0 Å². The van der Waals surface area contributed by atoms with Crippen LogP contribution in [0.3, 0.4) is 0 Å². The summed E-state index contributed by atoms with van der Waals surface area (Å²) in [5.74, 6) is 1.73. The number of hydrogen-bond donors (Lipinski definition) is 0. The molecular formula is C19H34N2O. The molecule has 3 nitrogen and oxygen atoms in total. The van der Waals surface area contributed by atoms with Gasteiger partial charge in [0.15, 0.2) is 0 Å². The third kappa shape index (κ3) is 4.47. The van der Waals surface area contributed by atoms with Crippen LogP contribution in [0.2, 0.25) is 0 Å². The van der Waals surface area contributed by atoms with Crippen LogP contribution in [-0.2, 0) is 4.79 Å². The summed E-state index contributed by atoms with van der Waals surface area (Å²) >= 11 is 0. The third-order valence-electron chi connectivity index (χ3n) is 6.10. The standard InChI is InChI=1S/C19H34N2O/c22-19(21-12-6-1-2-7-13-21)18-10-14-20(15-11-18)16-17-8-4-3-5-9-17/h17-18H,1-16H2. The minimum Gasteiger partial charge on any atom is -0.342 e. The lowest BCUT2D eigenvalue weighted by Crippen LogP contribution is -2.44. The predicted molar refractivity (Wildman–Crippen MR) is 90.8 cm³/mol. The second-order valence-corrected chi connectivity index (χ2v) is 7.82. The van der Waals surface area contributed by atoms with Crippen LogP contribution in [0.15, 0.2) is 0 Å². The van der Waals surface area contributed by atoms with E-state index in [1.807, 2.05) is 0 Å². The fraction of sp³-hybridized carbons (Fsp3) is 0.947. The van der Waals surface area contributed by atoms with Gasteiger partial charge in [-0.05, 0) is 57.5 Å². The monoisotopic (exact) mass is 306 g/mol. The highest BCUT2D eigenvalue weighted by Crippen LogP contribution is 2.27. The lowest BCUT2D eigenvalue weighted by atomic mass is 9.87. The molecule has 2 aliphatic heterocycles. The summed E-state index contributed by atoms with van der Waals surface area (Å²) in [7, 11) is 0. The van der Waals surface area contributed by atoms with Gasteiger partial charge in [0.1, 0.15) is 0 Å². The Labute approximate surface area is 136 Å². The van der Waals surface area contributed by atoms with Crippen molar-refractivity contribution >= 4 is 5.91 Å². The average Bonchev–Trinajstić information content (AvgIpc) is 2.85. The minimum absolute atomic E-state index is 0.320. The molecule has 0 bridgehead atoms. The summed E-state index contributed by atoms with van der Waals surface area (Å²) in [5.41, 5.74) is 0. The predicted octanol–water partition coefficient (Wildman–Crippen LogP) is 3.68. The molecule has 0 spiro atoms. The largest absolute Gasteiger partial charge is 0.342 e. The summed E-state index contributed by atoms with van der Waals surface area (Å²) in [6, 6.07) is 0. The maximum absolute atomic E-state index is 12.7. The molecule has 3 heteroatoms. The number of carbonyl (C=O) groups is 1. The van der Waals surface area contributed by atoms with Gasteiger partial charge in [0, 0.05) is 25.6 Å². The maximum Gasteiger partial charge on any atom is 0.225 e. The van der Waals surface area contributed by atoms with Gasteiger partial charge in [0.2, 0.25) is 5.91 Å². The minimum atomic E-state index is 0.320. The fourth-order valence-electron chi connectivity index (χ4n) is 4.65. The number of rotatable bonds is 3. The number of nitrogens with zero attached hydrogens (tertiary/aromatic N) is 2. The van der Waals surface area contributed by atoms with Crippen LogP contribution in [0.5, 0.6) is 0 Å². The highest BCUT2D eigenvalue weighted by Gasteiger charge is 2.29. The van der Waals surface area contributed by atoms with E-state index in [0.29, 0.717) is 11.8 Å². The zero-order chi connectivity index (χ0) is 15.2. The molecule has 1 aliphatic carbocycles. The Balaban J connectivity index is 1.41. The highest BCUT2D eigenvalue weighted by atomic mass is 16.2. The van der Waals surface area contributed by atoms with Crippen molar-refractivity contribution in [3.8, 4) is 0 Å². The Morgan fingerprint density at radius 2 is 1.32 bits per heavy atom. The lowest BCUT2D eigenvalue weighted by molar-refractivity contribution is -0.137. The van der Waals surface area contributed by atoms with Crippen LogP contribution >= 0.6 is 0 Å². The van der Waals surface area contributed by atoms with Crippen molar-refractivity contribution in [3.05, 3.63) is 0 Å². The Bertz CT molecular complexity index is 335. The molecule has 0 N–H and O–H groups in total. The third-order valence-corrected chi connectivity index (χ3v) is 6.10. The summed E-state index contributed by atoms with van der Waals surface area (Å²) < 4.78 is 0. The van der Waals surface area contributed by atoms with Gasteiger partial charge in [-0.15, -0.1) is 0 Å². The van der Waals surface area contributed by atoms with Gasteiger partial charge in [-0.3, -0.25) is 4.79 Å². The molecule has 1 saturated carbocycles. The first kappa shape index (κ1) is 16.3. The van der Waals surface area contributed by atoms with E-state index in [4.69, 9.17) is 0 Å². The van der Waals surface area contributed by atoms with Crippen LogP contribution in [0, 0.1) is 11.8 Å². The van der Waals surface area contributed by atoms with E-state index in [1.165, 1.54) is 64.3 Å². The second kappa shape index (κ2) is 8.33. The first-order chi connectivity index (χ1) is 10.8. The molecule has 0 atom stereocenters. The normalized spacial score (nSPS) is 26.8. The van der Waals surface area contributed by atoms with Crippen molar-refractivity contribution in [2.24, 2.45) is 11.8 Å². The molecule has 2 heterocycles.